The Morgan fingerprint density at radius 1 is 1.29 bits per heavy atom. The fourth-order valence-electron chi connectivity index (χ4n) is 2.74. The molecular weight excluding hydrogens is 504 g/mol. The second kappa shape index (κ2) is 10.4. The van der Waals surface area contributed by atoms with Crippen LogP contribution in [0.1, 0.15) is 36.2 Å². The smallest absolute Gasteiger partial charge is 0.416 e. The molecule has 9 nitrogen and oxygen atoms in total. The topological polar surface area (TPSA) is 142 Å². The van der Waals surface area contributed by atoms with Crippen molar-refractivity contribution in [3.8, 4) is 11.5 Å². The van der Waals surface area contributed by atoms with Crippen molar-refractivity contribution in [2.24, 2.45) is 5.73 Å². The Morgan fingerprint density at radius 2 is 1.94 bits per heavy atom. The van der Waals surface area contributed by atoms with E-state index < -0.39 is 48.0 Å². The van der Waals surface area contributed by atoms with Crippen LogP contribution in [0.3, 0.4) is 0 Å². The summed E-state index contributed by atoms with van der Waals surface area (Å²) in [4.78, 5) is 33.6. The molecule has 0 aromatic heterocycles. The van der Waals surface area contributed by atoms with Gasteiger partial charge in [0.15, 0.2) is 0 Å². The Hall–Kier alpha value is -2.50. The quantitative estimate of drug-likeness (QED) is 0.185. The number of benzene rings is 2. The average Bonchev–Trinajstić information content (AvgIpc) is 2.73. The summed E-state index contributed by atoms with van der Waals surface area (Å²) in [6, 6.07) is 7.21. The number of hydrogen-bond acceptors (Lipinski definition) is 7. The van der Waals surface area contributed by atoms with E-state index >= 15 is 0 Å². The summed E-state index contributed by atoms with van der Waals surface area (Å²) in [5, 5.41) is 7.88. The van der Waals surface area contributed by atoms with E-state index in [4.69, 9.17) is 26.6 Å². The summed E-state index contributed by atoms with van der Waals surface area (Å²) >= 11 is 5.87. The van der Waals surface area contributed by atoms with Gasteiger partial charge < -0.3 is 19.9 Å². The molecule has 14 heteroatoms. The third-order valence-corrected chi connectivity index (χ3v) is 7.04. The SMILES string of the molecule is CCC(C)OP(=O)(O)C(N)(C[N+](=O)[O-])C(=O)c1cccc(Oc2ccc(C(F)(F)F)cc2Cl)c1. The Kier molecular flexibility index (Phi) is 8.49. The van der Waals surface area contributed by atoms with Crippen LogP contribution >= 0.6 is 19.2 Å². The lowest BCUT2D eigenvalue weighted by atomic mass is 10.0. The minimum absolute atomic E-state index is 0.0911. The fourth-order valence-corrected chi connectivity index (χ4v) is 4.46. The largest absolute Gasteiger partial charge is 0.456 e. The van der Waals surface area contributed by atoms with Gasteiger partial charge in [0.25, 0.3) is 0 Å². The molecular formula is C20H21ClF3N2O7P. The zero-order valence-electron chi connectivity index (χ0n) is 17.9. The molecule has 0 fully saturated rings. The van der Waals surface area contributed by atoms with Crippen LogP contribution in [0.5, 0.6) is 11.5 Å². The summed E-state index contributed by atoms with van der Waals surface area (Å²) < 4.78 is 61.7. The second-order valence-electron chi connectivity index (χ2n) is 7.36. The Bertz CT molecular complexity index is 1130. The predicted octanol–water partition coefficient (Wildman–Crippen LogP) is 5.27. The van der Waals surface area contributed by atoms with E-state index in [0.29, 0.717) is 6.07 Å². The van der Waals surface area contributed by atoms with E-state index in [1.807, 2.05) is 0 Å². The standard InChI is InChI=1S/C20H21ClF3N2O7P/c1-3-12(2)33-34(30,31)19(25,11-26(28)29)18(27)13-5-4-6-15(9-13)32-17-8-7-14(10-16(17)21)20(22,23)24/h4-10,12H,3,11,25H2,1-2H3,(H,30,31). The van der Waals surface area contributed by atoms with Gasteiger partial charge in [-0.1, -0.05) is 30.7 Å². The van der Waals surface area contributed by atoms with Gasteiger partial charge in [0, 0.05) is 10.5 Å². The van der Waals surface area contributed by atoms with Crippen molar-refractivity contribution in [3.05, 3.63) is 68.7 Å². The second-order valence-corrected chi connectivity index (χ2v) is 9.82. The van der Waals surface area contributed by atoms with Crippen LogP contribution in [0.2, 0.25) is 5.02 Å². The van der Waals surface area contributed by atoms with Gasteiger partial charge in [0.05, 0.1) is 16.7 Å². The van der Waals surface area contributed by atoms with Gasteiger partial charge in [-0.25, -0.2) is 0 Å². The number of carbonyl (C=O) groups is 1. The lowest BCUT2D eigenvalue weighted by molar-refractivity contribution is -0.483. The van der Waals surface area contributed by atoms with Crippen LogP contribution in [0, 0.1) is 10.1 Å². The van der Waals surface area contributed by atoms with Crippen molar-refractivity contribution in [2.75, 3.05) is 6.54 Å². The highest BCUT2D eigenvalue weighted by Crippen LogP contribution is 2.55. The number of nitrogens with two attached hydrogens (primary N) is 1. The molecule has 0 aliphatic heterocycles. The van der Waals surface area contributed by atoms with Crippen LogP contribution in [-0.4, -0.2) is 33.5 Å². The van der Waals surface area contributed by atoms with Crippen LogP contribution < -0.4 is 10.5 Å². The van der Waals surface area contributed by atoms with Crippen LogP contribution in [0.25, 0.3) is 0 Å². The molecule has 0 spiro atoms. The first-order valence-electron chi connectivity index (χ1n) is 9.72. The van der Waals surface area contributed by atoms with E-state index in [1.165, 1.54) is 25.1 Å². The molecule has 34 heavy (non-hydrogen) atoms. The number of hydrogen-bond donors (Lipinski definition) is 2. The lowest BCUT2D eigenvalue weighted by Gasteiger charge is -2.30. The highest BCUT2D eigenvalue weighted by atomic mass is 35.5. The van der Waals surface area contributed by atoms with Gasteiger partial charge in [0.1, 0.15) is 11.5 Å². The molecule has 0 saturated heterocycles. The number of ketones is 1. The van der Waals surface area contributed by atoms with Crippen molar-refractivity contribution in [1.29, 1.82) is 0 Å². The van der Waals surface area contributed by atoms with Gasteiger partial charge in [-0.2, -0.15) is 13.2 Å². The molecule has 0 aliphatic carbocycles. The van der Waals surface area contributed by atoms with Crippen molar-refractivity contribution < 1.29 is 41.6 Å². The summed E-state index contributed by atoms with van der Waals surface area (Å²) in [5.74, 6) is -1.52. The summed E-state index contributed by atoms with van der Waals surface area (Å²) in [7, 11) is -5.06. The lowest BCUT2D eigenvalue weighted by Crippen LogP contribution is -2.53. The van der Waals surface area contributed by atoms with E-state index in [9.17, 15) is 37.5 Å². The maximum absolute atomic E-state index is 13.1. The highest BCUT2D eigenvalue weighted by Gasteiger charge is 2.57. The molecule has 3 atom stereocenters. The van der Waals surface area contributed by atoms with E-state index in [-0.39, 0.29) is 28.5 Å². The molecule has 2 rings (SSSR count). The minimum atomic E-state index is -5.06. The summed E-state index contributed by atoms with van der Waals surface area (Å²) in [6.45, 7) is 1.67. The molecule has 0 radical (unpaired) electrons. The van der Waals surface area contributed by atoms with Gasteiger partial charge in [-0.15, -0.1) is 0 Å². The number of carbonyl (C=O) groups excluding carboxylic acids is 1. The zero-order chi connectivity index (χ0) is 25.9. The van der Waals surface area contributed by atoms with Gasteiger partial charge in [-0.05, 0) is 43.7 Å². The van der Waals surface area contributed by atoms with Gasteiger partial charge in [-0.3, -0.25) is 19.5 Å². The van der Waals surface area contributed by atoms with Gasteiger partial charge in [0.2, 0.25) is 17.6 Å². The van der Waals surface area contributed by atoms with Crippen LogP contribution in [-0.2, 0) is 15.3 Å². The first kappa shape index (κ1) is 27.7. The third-order valence-electron chi connectivity index (χ3n) is 4.75. The molecule has 2 aromatic rings. The molecule has 0 saturated carbocycles. The number of nitrogens with zero attached hydrogens (tertiary/aromatic N) is 1. The third kappa shape index (κ3) is 6.34. The number of alkyl halides is 3. The van der Waals surface area contributed by atoms with Crippen molar-refractivity contribution in [1.82, 2.24) is 0 Å². The molecule has 3 N–H and O–H groups in total. The maximum atomic E-state index is 13.1. The fraction of sp³-hybridized carbons (Fsp3) is 0.350. The monoisotopic (exact) mass is 524 g/mol. The molecule has 0 aliphatic rings. The van der Waals surface area contributed by atoms with E-state index in [1.54, 1.807) is 6.92 Å². The summed E-state index contributed by atoms with van der Waals surface area (Å²) in [5.41, 5.74) is 4.52. The molecule has 0 bridgehead atoms. The number of rotatable bonds is 10. The first-order chi connectivity index (χ1) is 15.6. The number of nitro groups is 1. The summed E-state index contributed by atoms with van der Waals surface area (Å²) in [6.07, 6.45) is -5.18. The van der Waals surface area contributed by atoms with Crippen molar-refractivity contribution >= 4 is 25.0 Å². The number of halogens is 4. The van der Waals surface area contributed by atoms with Crippen LogP contribution in [0.15, 0.2) is 42.5 Å². The minimum Gasteiger partial charge on any atom is -0.456 e. The van der Waals surface area contributed by atoms with E-state index in [0.717, 1.165) is 18.2 Å². The molecule has 3 unspecified atom stereocenters. The highest BCUT2D eigenvalue weighted by molar-refractivity contribution is 7.55. The van der Waals surface area contributed by atoms with Crippen molar-refractivity contribution in [3.63, 3.8) is 0 Å². The van der Waals surface area contributed by atoms with Crippen molar-refractivity contribution in [2.45, 2.75) is 37.8 Å². The Balaban J connectivity index is 2.41. The number of Topliss-reactive ketones (excluding diaryl/α,β-unsaturated/α-hetero) is 1. The molecule has 186 valence electrons. The maximum Gasteiger partial charge on any atom is 0.416 e. The predicted molar refractivity (Wildman–Crippen MR) is 117 cm³/mol. The number of ether oxygens (including phenoxy) is 1. The molecule has 0 heterocycles. The first-order valence-corrected chi connectivity index (χ1v) is 11.7. The molecule has 2 aromatic carbocycles. The van der Waals surface area contributed by atoms with E-state index in [2.05, 4.69) is 0 Å². The zero-order valence-corrected chi connectivity index (χ0v) is 19.6. The average molecular weight is 525 g/mol. The Morgan fingerprint density at radius 3 is 2.47 bits per heavy atom. The normalized spacial score (nSPS) is 16.2. The van der Waals surface area contributed by atoms with Gasteiger partial charge >= 0.3 is 13.8 Å². The molecule has 0 amide bonds. The Labute approximate surface area is 197 Å². The van der Waals surface area contributed by atoms with Crippen LogP contribution in [0.4, 0.5) is 13.2 Å².